The largest absolute Gasteiger partial charge is 0.153 e. The first-order valence-electron chi connectivity index (χ1n) is 7.73. The van der Waals surface area contributed by atoms with Gasteiger partial charge >= 0.3 is 0 Å². The third-order valence-electron chi connectivity index (χ3n) is 4.16. The summed E-state index contributed by atoms with van der Waals surface area (Å²) in [6, 6.07) is 0. The molecule has 0 spiro atoms. The van der Waals surface area contributed by atoms with E-state index >= 15 is 0 Å². The molecule has 21 heavy (non-hydrogen) atoms. The lowest BCUT2D eigenvalue weighted by atomic mass is 10.2. The van der Waals surface area contributed by atoms with Gasteiger partial charge in [-0.3, -0.25) is 0 Å². The van der Waals surface area contributed by atoms with E-state index in [1.807, 2.05) is 35.3 Å². The highest BCUT2D eigenvalue weighted by atomic mass is 32.2. The highest BCUT2D eigenvalue weighted by Crippen LogP contribution is 2.30. The van der Waals surface area contributed by atoms with Crippen LogP contribution >= 0.6 is 35.3 Å². The summed E-state index contributed by atoms with van der Waals surface area (Å²) in [5, 5.41) is 0. The van der Waals surface area contributed by atoms with Crippen LogP contribution in [-0.4, -0.2) is 23.0 Å². The fraction of sp³-hybridized carbons (Fsp3) is 0.667. The second kappa shape index (κ2) is 10.1. The highest BCUT2D eigenvalue weighted by molar-refractivity contribution is 8.03. The Morgan fingerprint density at radius 3 is 1.05 bits per heavy atom. The standard InChI is InChI=1S/3C6H10S/c1-5-3-7-4-6(5)2;2*1-5-3-4-7-6(5)2/h3*3-4H2,1-2H3. The molecule has 0 atom stereocenters. The Morgan fingerprint density at radius 1 is 0.571 bits per heavy atom. The summed E-state index contributed by atoms with van der Waals surface area (Å²) in [6.45, 7) is 13.3. The van der Waals surface area contributed by atoms with E-state index in [4.69, 9.17) is 0 Å². The fourth-order valence-corrected chi connectivity index (χ4v) is 5.25. The first-order valence-corrected chi connectivity index (χ1v) is 10.9. The van der Waals surface area contributed by atoms with Crippen molar-refractivity contribution in [2.75, 3.05) is 23.0 Å². The molecule has 0 nitrogen and oxygen atoms in total. The normalized spacial score (nSPS) is 21.4. The molecule has 3 heterocycles. The lowest BCUT2D eigenvalue weighted by molar-refractivity contribution is 1.13. The Morgan fingerprint density at radius 2 is 0.952 bits per heavy atom. The number of rotatable bonds is 0. The summed E-state index contributed by atoms with van der Waals surface area (Å²) in [7, 11) is 0. The topological polar surface area (TPSA) is 0 Å². The zero-order chi connectivity index (χ0) is 15.8. The zero-order valence-corrected chi connectivity index (χ0v) is 16.9. The van der Waals surface area contributed by atoms with E-state index in [1.54, 1.807) is 32.1 Å². The van der Waals surface area contributed by atoms with Crippen molar-refractivity contribution in [3.63, 3.8) is 0 Å². The molecule has 0 aliphatic carbocycles. The van der Waals surface area contributed by atoms with Crippen LogP contribution < -0.4 is 0 Å². The average molecular weight is 343 g/mol. The third-order valence-corrected chi connectivity index (χ3v) is 7.81. The lowest BCUT2D eigenvalue weighted by Crippen LogP contribution is -1.74. The van der Waals surface area contributed by atoms with Gasteiger partial charge in [0.1, 0.15) is 0 Å². The van der Waals surface area contributed by atoms with Crippen LogP contribution in [-0.2, 0) is 0 Å². The van der Waals surface area contributed by atoms with Crippen molar-refractivity contribution >= 4 is 35.3 Å². The van der Waals surface area contributed by atoms with Gasteiger partial charge in [0, 0.05) is 23.0 Å². The summed E-state index contributed by atoms with van der Waals surface area (Å²) >= 11 is 5.99. The van der Waals surface area contributed by atoms with Crippen molar-refractivity contribution < 1.29 is 0 Å². The van der Waals surface area contributed by atoms with Crippen molar-refractivity contribution in [3.05, 3.63) is 32.1 Å². The van der Waals surface area contributed by atoms with Crippen LogP contribution in [0.1, 0.15) is 54.4 Å². The SMILES string of the molecule is CC1=C(C)CSC1.CC1=C(C)SCC1.CC1=C(C)SCC1. The Kier molecular flexibility index (Phi) is 9.31. The van der Waals surface area contributed by atoms with Crippen LogP contribution in [0, 0.1) is 0 Å². The molecule has 0 unspecified atom stereocenters. The molecule has 3 heteroatoms. The maximum Gasteiger partial charge on any atom is 0.0146 e. The zero-order valence-electron chi connectivity index (χ0n) is 14.5. The van der Waals surface area contributed by atoms with E-state index in [0.717, 1.165) is 0 Å². The van der Waals surface area contributed by atoms with E-state index in [9.17, 15) is 0 Å². The molecular formula is C18H30S3. The number of thioether (sulfide) groups is 3. The molecular weight excluding hydrogens is 312 g/mol. The van der Waals surface area contributed by atoms with E-state index in [-0.39, 0.29) is 0 Å². The van der Waals surface area contributed by atoms with E-state index in [0.29, 0.717) is 0 Å². The maximum atomic E-state index is 2.22. The van der Waals surface area contributed by atoms with Crippen molar-refractivity contribution in [2.45, 2.75) is 54.4 Å². The van der Waals surface area contributed by atoms with Gasteiger partial charge in [0.05, 0.1) is 0 Å². The van der Waals surface area contributed by atoms with Gasteiger partial charge in [-0.1, -0.05) is 22.3 Å². The molecule has 0 radical (unpaired) electrons. The number of hydrogen-bond donors (Lipinski definition) is 0. The van der Waals surface area contributed by atoms with Gasteiger partial charge in [0.25, 0.3) is 0 Å². The van der Waals surface area contributed by atoms with Gasteiger partial charge in [0.15, 0.2) is 0 Å². The first-order chi connectivity index (χ1) is 9.91. The van der Waals surface area contributed by atoms with Crippen LogP contribution in [0.5, 0.6) is 0 Å². The molecule has 0 aromatic carbocycles. The molecule has 0 fully saturated rings. The highest BCUT2D eigenvalue weighted by Gasteiger charge is 2.05. The van der Waals surface area contributed by atoms with E-state index < -0.39 is 0 Å². The molecule has 0 saturated carbocycles. The minimum Gasteiger partial charge on any atom is -0.153 e. The minimum absolute atomic E-state index is 1.27. The van der Waals surface area contributed by atoms with Gasteiger partial charge in [-0.25, -0.2) is 0 Å². The molecule has 0 bridgehead atoms. The van der Waals surface area contributed by atoms with Crippen molar-refractivity contribution in [1.82, 2.24) is 0 Å². The Balaban J connectivity index is 0.000000157. The average Bonchev–Trinajstić information content (AvgIpc) is 3.11. The van der Waals surface area contributed by atoms with Gasteiger partial charge in [-0.2, -0.15) is 11.8 Å². The van der Waals surface area contributed by atoms with Crippen molar-refractivity contribution in [2.24, 2.45) is 0 Å². The van der Waals surface area contributed by atoms with Crippen LogP contribution in [0.3, 0.4) is 0 Å². The summed E-state index contributed by atoms with van der Waals surface area (Å²) in [4.78, 5) is 3.08. The van der Waals surface area contributed by atoms with Crippen molar-refractivity contribution in [1.29, 1.82) is 0 Å². The number of hydrogen-bond acceptors (Lipinski definition) is 3. The molecule has 0 saturated heterocycles. The number of allylic oxidation sites excluding steroid dienone is 4. The van der Waals surface area contributed by atoms with Gasteiger partial charge in [-0.15, -0.1) is 23.5 Å². The van der Waals surface area contributed by atoms with Crippen LogP contribution in [0.15, 0.2) is 32.1 Å². The quantitative estimate of drug-likeness (QED) is 0.439. The van der Waals surface area contributed by atoms with Gasteiger partial charge in [-0.05, 0) is 64.2 Å². The summed E-state index contributed by atoms with van der Waals surface area (Å²) in [5.41, 5.74) is 6.35. The second-order valence-electron chi connectivity index (χ2n) is 5.92. The Hall–Kier alpha value is 0.270. The Bertz CT molecular complexity index is 339. The monoisotopic (exact) mass is 342 g/mol. The molecule has 0 N–H and O–H groups in total. The van der Waals surface area contributed by atoms with Crippen LogP contribution in [0.4, 0.5) is 0 Å². The summed E-state index contributed by atoms with van der Waals surface area (Å²) in [5.74, 6) is 5.17. The van der Waals surface area contributed by atoms with Crippen LogP contribution in [0.2, 0.25) is 0 Å². The fourth-order valence-electron chi connectivity index (χ4n) is 1.92. The van der Waals surface area contributed by atoms with Gasteiger partial charge in [0.2, 0.25) is 0 Å². The van der Waals surface area contributed by atoms with E-state index in [1.165, 1.54) is 35.9 Å². The molecule has 3 aliphatic rings. The molecule has 0 amide bonds. The molecule has 3 aliphatic heterocycles. The van der Waals surface area contributed by atoms with E-state index in [2.05, 4.69) is 41.5 Å². The molecule has 3 rings (SSSR count). The predicted octanol–water partition coefficient (Wildman–Crippen LogP) is 6.90. The van der Waals surface area contributed by atoms with Crippen LogP contribution in [0.25, 0.3) is 0 Å². The van der Waals surface area contributed by atoms with Gasteiger partial charge < -0.3 is 0 Å². The second-order valence-corrected chi connectivity index (χ2v) is 9.53. The predicted molar refractivity (Wildman–Crippen MR) is 107 cm³/mol. The first kappa shape index (κ1) is 19.3. The third kappa shape index (κ3) is 7.38. The summed E-state index contributed by atoms with van der Waals surface area (Å²) < 4.78 is 0. The minimum atomic E-state index is 1.27. The molecule has 0 aromatic rings. The lowest BCUT2D eigenvalue weighted by Gasteiger charge is -1.86. The van der Waals surface area contributed by atoms with Crippen molar-refractivity contribution in [3.8, 4) is 0 Å². The smallest absolute Gasteiger partial charge is 0.0146 e. The molecule has 120 valence electrons. The summed E-state index contributed by atoms with van der Waals surface area (Å²) in [6.07, 6.45) is 2.63. The Labute approximate surface area is 144 Å². The molecule has 0 aromatic heterocycles. The maximum absolute atomic E-state index is 2.22.